The van der Waals surface area contributed by atoms with Crippen molar-refractivity contribution in [3.8, 4) is 0 Å². The largest absolute Gasteiger partial charge is 0.300 e. The zero-order valence-corrected chi connectivity index (χ0v) is 9.22. The summed E-state index contributed by atoms with van der Waals surface area (Å²) in [6.07, 6.45) is 1.38. The van der Waals surface area contributed by atoms with Gasteiger partial charge in [-0.1, -0.05) is 27.7 Å². The number of likely N-dealkylation sites (tertiary alicyclic amines) is 1. The lowest BCUT2D eigenvalue weighted by Gasteiger charge is -2.29. The molecular weight excluding hydrogens is 146 g/mol. The third kappa shape index (κ3) is 2.78. The maximum absolute atomic E-state index is 2.63. The summed E-state index contributed by atoms with van der Waals surface area (Å²) in [6.45, 7) is 14.2. The second-order valence-corrected chi connectivity index (χ2v) is 5.68. The zero-order valence-electron chi connectivity index (χ0n) is 9.22. The lowest BCUT2D eigenvalue weighted by molar-refractivity contribution is 0.183. The molecule has 1 aliphatic heterocycles. The van der Waals surface area contributed by atoms with E-state index in [2.05, 4.69) is 39.5 Å². The molecule has 0 spiro atoms. The van der Waals surface area contributed by atoms with Crippen molar-refractivity contribution < 1.29 is 0 Å². The smallest absolute Gasteiger partial charge is 0.00702 e. The molecule has 0 saturated carbocycles. The summed E-state index contributed by atoms with van der Waals surface area (Å²) < 4.78 is 0. The Balaban J connectivity index is 2.43. The molecule has 1 nitrogen and oxygen atoms in total. The number of hydrogen-bond acceptors (Lipinski definition) is 1. The SMILES string of the molecule is CC1CC(C)N(CC(C)(C)C)C1. The summed E-state index contributed by atoms with van der Waals surface area (Å²) in [5.41, 5.74) is 0.457. The van der Waals surface area contributed by atoms with Crippen LogP contribution in [0.4, 0.5) is 0 Å². The van der Waals surface area contributed by atoms with Gasteiger partial charge in [-0.25, -0.2) is 0 Å². The van der Waals surface area contributed by atoms with Gasteiger partial charge < -0.3 is 0 Å². The Bertz CT molecular complexity index is 146. The first-order chi connectivity index (χ1) is 5.38. The van der Waals surface area contributed by atoms with Crippen molar-refractivity contribution in [1.82, 2.24) is 4.90 Å². The van der Waals surface area contributed by atoms with Crippen LogP contribution >= 0.6 is 0 Å². The molecular formula is C11H23N. The predicted octanol–water partition coefficient (Wildman–Crippen LogP) is 2.76. The van der Waals surface area contributed by atoms with Crippen LogP contribution in [0.5, 0.6) is 0 Å². The maximum atomic E-state index is 2.63. The van der Waals surface area contributed by atoms with Gasteiger partial charge in [0.15, 0.2) is 0 Å². The monoisotopic (exact) mass is 169 g/mol. The molecule has 1 saturated heterocycles. The molecule has 0 aromatic rings. The van der Waals surface area contributed by atoms with Crippen molar-refractivity contribution in [3.63, 3.8) is 0 Å². The average Bonchev–Trinajstić information content (AvgIpc) is 2.06. The van der Waals surface area contributed by atoms with Crippen LogP contribution in [-0.4, -0.2) is 24.0 Å². The van der Waals surface area contributed by atoms with Crippen LogP contribution in [0.1, 0.15) is 41.0 Å². The molecule has 0 aromatic heterocycles. The first-order valence-electron chi connectivity index (χ1n) is 5.12. The van der Waals surface area contributed by atoms with Crippen molar-refractivity contribution >= 4 is 0 Å². The molecule has 0 radical (unpaired) electrons. The van der Waals surface area contributed by atoms with Gasteiger partial charge in [-0.15, -0.1) is 0 Å². The summed E-state index contributed by atoms with van der Waals surface area (Å²) in [7, 11) is 0. The molecule has 0 bridgehead atoms. The Morgan fingerprint density at radius 1 is 1.25 bits per heavy atom. The van der Waals surface area contributed by atoms with Crippen LogP contribution in [0.15, 0.2) is 0 Å². The minimum Gasteiger partial charge on any atom is -0.300 e. The molecule has 2 unspecified atom stereocenters. The molecule has 1 rings (SSSR count). The normalized spacial score (nSPS) is 32.8. The van der Waals surface area contributed by atoms with E-state index in [0.717, 1.165) is 12.0 Å². The van der Waals surface area contributed by atoms with Crippen LogP contribution in [0.2, 0.25) is 0 Å². The van der Waals surface area contributed by atoms with E-state index in [1.54, 1.807) is 0 Å². The third-order valence-electron chi connectivity index (χ3n) is 2.59. The second kappa shape index (κ2) is 3.37. The third-order valence-corrected chi connectivity index (χ3v) is 2.59. The minimum atomic E-state index is 0.457. The zero-order chi connectivity index (χ0) is 9.35. The molecule has 0 amide bonds. The molecule has 0 aromatic carbocycles. The highest BCUT2D eigenvalue weighted by atomic mass is 15.2. The molecule has 72 valence electrons. The van der Waals surface area contributed by atoms with E-state index in [1.807, 2.05) is 0 Å². The lowest BCUT2D eigenvalue weighted by Crippen LogP contribution is -2.35. The first kappa shape index (κ1) is 10.0. The van der Waals surface area contributed by atoms with Gasteiger partial charge in [0, 0.05) is 19.1 Å². The Labute approximate surface area is 77.1 Å². The molecule has 2 atom stereocenters. The fraction of sp³-hybridized carbons (Fsp3) is 1.00. The molecule has 0 N–H and O–H groups in total. The van der Waals surface area contributed by atoms with E-state index in [0.29, 0.717) is 5.41 Å². The summed E-state index contributed by atoms with van der Waals surface area (Å²) in [4.78, 5) is 2.63. The Morgan fingerprint density at radius 3 is 2.17 bits per heavy atom. The lowest BCUT2D eigenvalue weighted by atomic mass is 9.96. The molecule has 1 heteroatoms. The van der Waals surface area contributed by atoms with E-state index >= 15 is 0 Å². The van der Waals surface area contributed by atoms with E-state index in [9.17, 15) is 0 Å². The highest BCUT2D eigenvalue weighted by Crippen LogP contribution is 2.26. The molecule has 1 aliphatic rings. The number of nitrogens with zero attached hydrogens (tertiary/aromatic N) is 1. The quantitative estimate of drug-likeness (QED) is 0.583. The number of rotatable bonds is 1. The van der Waals surface area contributed by atoms with Gasteiger partial charge >= 0.3 is 0 Å². The van der Waals surface area contributed by atoms with Gasteiger partial charge in [-0.05, 0) is 24.7 Å². The van der Waals surface area contributed by atoms with Crippen molar-refractivity contribution in [2.24, 2.45) is 11.3 Å². The van der Waals surface area contributed by atoms with Gasteiger partial charge in [0.05, 0.1) is 0 Å². The summed E-state index contributed by atoms with van der Waals surface area (Å²) >= 11 is 0. The Hall–Kier alpha value is -0.0400. The van der Waals surface area contributed by atoms with Crippen molar-refractivity contribution in [3.05, 3.63) is 0 Å². The van der Waals surface area contributed by atoms with Gasteiger partial charge in [0.2, 0.25) is 0 Å². The first-order valence-corrected chi connectivity index (χ1v) is 5.12. The fourth-order valence-corrected chi connectivity index (χ4v) is 2.22. The molecule has 12 heavy (non-hydrogen) atoms. The topological polar surface area (TPSA) is 3.24 Å². The predicted molar refractivity (Wildman–Crippen MR) is 54.3 cm³/mol. The molecule has 1 fully saturated rings. The van der Waals surface area contributed by atoms with Gasteiger partial charge in [-0.3, -0.25) is 4.90 Å². The van der Waals surface area contributed by atoms with Gasteiger partial charge in [-0.2, -0.15) is 0 Å². The second-order valence-electron chi connectivity index (χ2n) is 5.68. The van der Waals surface area contributed by atoms with E-state index < -0.39 is 0 Å². The van der Waals surface area contributed by atoms with Crippen molar-refractivity contribution in [1.29, 1.82) is 0 Å². The maximum Gasteiger partial charge on any atom is 0.00702 e. The highest BCUT2D eigenvalue weighted by Gasteiger charge is 2.28. The molecule has 0 aliphatic carbocycles. The summed E-state index contributed by atoms with van der Waals surface area (Å²) in [5.74, 6) is 0.905. The van der Waals surface area contributed by atoms with Crippen molar-refractivity contribution in [2.45, 2.75) is 47.1 Å². The van der Waals surface area contributed by atoms with Gasteiger partial charge in [0.25, 0.3) is 0 Å². The standard InChI is InChI=1S/C11H23N/c1-9-6-10(2)12(7-9)8-11(3,4)5/h9-10H,6-8H2,1-5H3. The minimum absolute atomic E-state index is 0.457. The Kier molecular flexibility index (Phi) is 2.82. The van der Waals surface area contributed by atoms with Gasteiger partial charge in [0.1, 0.15) is 0 Å². The van der Waals surface area contributed by atoms with E-state index in [-0.39, 0.29) is 0 Å². The van der Waals surface area contributed by atoms with Crippen LogP contribution < -0.4 is 0 Å². The summed E-state index contributed by atoms with van der Waals surface area (Å²) in [6, 6.07) is 0.805. The van der Waals surface area contributed by atoms with Crippen LogP contribution in [0, 0.1) is 11.3 Å². The fourth-order valence-electron chi connectivity index (χ4n) is 2.22. The average molecular weight is 169 g/mol. The summed E-state index contributed by atoms with van der Waals surface area (Å²) in [5, 5.41) is 0. The van der Waals surface area contributed by atoms with Crippen LogP contribution in [-0.2, 0) is 0 Å². The highest BCUT2D eigenvalue weighted by molar-refractivity contribution is 4.82. The molecule has 1 heterocycles. The Morgan fingerprint density at radius 2 is 1.83 bits per heavy atom. The van der Waals surface area contributed by atoms with E-state index in [1.165, 1.54) is 19.5 Å². The van der Waals surface area contributed by atoms with Crippen LogP contribution in [0.25, 0.3) is 0 Å². The van der Waals surface area contributed by atoms with Crippen LogP contribution in [0.3, 0.4) is 0 Å². The number of hydrogen-bond donors (Lipinski definition) is 0. The van der Waals surface area contributed by atoms with E-state index in [4.69, 9.17) is 0 Å². The van der Waals surface area contributed by atoms with Crippen molar-refractivity contribution in [2.75, 3.05) is 13.1 Å².